The molecule has 0 aliphatic carbocycles. The number of H-pyrrole nitrogens is 1. The number of hydrogen-bond donors (Lipinski definition) is 8. The zero-order valence-electron chi connectivity index (χ0n) is 34.9. The summed E-state index contributed by atoms with van der Waals surface area (Å²) in [5.74, 6) is 3.87. The molecule has 0 radical (unpaired) electrons. The van der Waals surface area contributed by atoms with Crippen LogP contribution < -0.4 is 49.1 Å². The second-order valence-electron chi connectivity index (χ2n) is 15.6. The molecule has 3 heterocycles. The van der Waals surface area contributed by atoms with Crippen molar-refractivity contribution in [3.05, 3.63) is 45.9 Å². The minimum absolute atomic E-state index is 0.104. The van der Waals surface area contributed by atoms with Gasteiger partial charge in [-0.25, -0.2) is 10.7 Å². The molecule has 326 valence electrons. The molecule has 3 atom stereocenters. The Morgan fingerprint density at radius 2 is 1.61 bits per heavy atom. The van der Waals surface area contributed by atoms with Gasteiger partial charge >= 0.3 is 11.7 Å². The van der Waals surface area contributed by atoms with Crippen LogP contribution in [0.4, 0.5) is 5.82 Å². The molecule has 3 aromatic rings. The third kappa shape index (κ3) is 14.6. The number of rotatable bonds is 24. The van der Waals surface area contributed by atoms with Crippen molar-refractivity contribution in [2.45, 2.75) is 110 Å². The molecule has 19 nitrogen and oxygen atoms in total. The Hall–Kier alpha value is -5.11. The van der Waals surface area contributed by atoms with E-state index in [1.807, 2.05) is 26.0 Å². The number of imidazole rings is 1. The van der Waals surface area contributed by atoms with E-state index >= 15 is 0 Å². The van der Waals surface area contributed by atoms with E-state index in [2.05, 4.69) is 65.0 Å². The molecule has 1 aliphatic rings. The van der Waals surface area contributed by atoms with Crippen LogP contribution in [0.1, 0.15) is 90.2 Å². The van der Waals surface area contributed by atoms with E-state index in [4.69, 9.17) is 22.1 Å². The van der Waals surface area contributed by atoms with Crippen molar-refractivity contribution in [2.24, 2.45) is 23.5 Å². The Balaban J connectivity index is 1.23. The number of nitrogens with zero attached hydrogens (tertiary/aromatic N) is 4. The number of nitrogen functional groups attached to an aromatic ring is 1. The number of benzene rings is 1. The first kappa shape index (κ1) is 46.6. The summed E-state index contributed by atoms with van der Waals surface area (Å²) in [5, 5.41) is 11.1. The van der Waals surface area contributed by atoms with Crippen LogP contribution in [0.5, 0.6) is 6.01 Å². The maximum absolute atomic E-state index is 13.4. The van der Waals surface area contributed by atoms with Crippen molar-refractivity contribution in [3.8, 4) is 6.01 Å². The first-order valence-electron chi connectivity index (χ1n) is 20.7. The number of nitrogens with one attached hydrogen (secondary N) is 5. The average Bonchev–Trinajstić information content (AvgIpc) is 3.52. The van der Waals surface area contributed by atoms with Gasteiger partial charge in [-0.1, -0.05) is 51.5 Å². The van der Waals surface area contributed by atoms with Gasteiger partial charge in [0.2, 0.25) is 23.6 Å². The van der Waals surface area contributed by atoms with Crippen LogP contribution in [0.3, 0.4) is 0 Å². The van der Waals surface area contributed by atoms with Gasteiger partial charge in [-0.3, -0.25) is 33.5 Å². The van der Waals surface area contributed by atoms with Crippen LogP contribution in [-0.2, 0) is 37.1 Å². The molecule has 4 rings (SSSR count). The van der Waals surface area contributed by atoms with Crippen molar-refractivity contribution in [3.63, 3.8) is 0 Å². The Kier molecular flexibility index (Phi) is 18.5. The van der Waals surface area contributed by atoms with Gasteiger partial charge in [-0.2, -0.15) is 9.97 Å². The summed E-state index contributed by atoms with van der Waals surface area (Å²) in [7, 11) is 0. The van der Waals surface area contributed by atoms with Crippen LogP contribution in [-0.4, -0.2) is 106 Å². The van der Waals surface area contributed by atoms with Crippen molar-refractivity contribution in [1.82, 2.24) is 45.7 Å². The van der Waals surface area contributed by atoms with Gasteiger partial charge in [0.1, 0.15) is 24.2 Å². The lowest BCUT2D eigenvalue weighted by Gasteiger charge is -2.32. The van der Waals surface area contributed by atoms with Gasteiger partial charge in [0.05, 0.1) is 19.2 Å². The Labute approximate surface area is 345 Å². The lowest BCUT2D eigenvalue weighted by Crippen LogP contribution is -2.55. The predicted octanol–water partition coefficient (Wildman–Crippen LogP) is 0.797. The van der Waals surface area contributed by atoms with Crippen LogP contribution >= 0.6 is 0 Å². The molecule has 1 aliphatic heterocycles. The van der Waals surface area contributed by atoms with Gasteiger partial charge in [0, 0.05) is 19.6 Å². The highest BCUT2D eigenvalue weighted by Gasteiger charge is 2.27. The van der Waals surface area contributed by atoms with Gasteiger partial charge in [0.25, 0.3) is 0 Å². The molecule has 1 aromatic carbocycles. The first-order chi connectivity index (χ1) is 28.3. The molecule has 2 aromatic heterocycles. The highest BCUT2D eigenvalue weighted by Crippen LogP contribution is 2.23. The number of piperidine rings is 1. The number of aromatic nitrogens is 4. The fourth-order valence-corrected chi connectivity index (χ4v) is 6.77. The highest BCUT2D eigenvalue weighted by atomic mass is 16.6. The maximum Gasteiger partial charge on any atom is 0.328 e. The van der Waals surface area contributed by atoms with Crippen molar-refractivity contribution >= 4 is 40.6 Å². The molecular formula is C40H64N12O7. The smallest absolute Gasteiger partial charge is 0.328 e. The van der Waals surface area contributed by atoms with E-state index < -0.39 is 29.9 Å². The lowest BCUT2D eigenvalue weighted by atomic mass is 9.93. The Morgan fingerprint density at radius 1 is 0.915 bits per heavy atom. The molecule has 0 bridgehead atoms. The van der Waals surface area contributed by atoms with Crippen LogP contribution in [0.2, 0.25) is 0 Å². The van der Waals surface area contributed by atoms with Gasteiger partial charge in [0.15, 0.2) is 11.5 Å². The van der Waals surface area contributed by atoms with E-state index in [9.17, 15) is 24.0 Å². The molecule has 1 fully saturated rings. The van der Waals surface area contributed by atoms with E-state index in [1.54, 1.807) is 6.92 Å². The Bertz CT molecular complexity index is 1870. The number of amides is 4. The van der Waals surface area contributed by atoms with Gasteiger partial charge in [-0.05, 0) is 87.9 Å². The van der Waals surface area contributed by atoms with Crippen molar-refractivity contribution in [1.29, 1.82) is 0 Å². The Morgan fingerprint density at radius 3 is 2.27 bits per heavy atom. The first-order valence-corrected chi connectivity index (χ1v) is 20.7. The number of fused-ring (bicyclic) bond motifs is 1. The molecule has 1 unspecified atom stereocenters. The summed E-state index contributed by atoms with van der Waals surface area (Å²) in [6.07, 6.45) is 6.07. The van der Waals surface area contributed by atoms with E-state index in [0.717, 1.165) is 57.3 Å². The fraction of sp³-hybridized carbons (Fsp3) is 0.625. The number of nitrogens with two attached hydrogens (primary N) is 3. The number of likely N-dealkylation sites (tertiary alicyclic amines) is 1. The average molecular weight is 825 g/mol. The van der Waals surface area contributed by atoms with Crippen molar-refractivity contribution in [2.75, 3.05) is 45.1 Å². The number of anilines is 1. The number of carbonyl (C=O) groups excluding carboxylic acids is 4. The second-order valence-corrected chi connectivity index (χ2v) is 15.6. The monoisotopic (exact) mass is 825 g/mol. The molecular weight excluding hydrogens is 761 g/mol. The van der Waals surface area contributed by atoms with Gasteiger partial charge in [-0.15, -0.1) is 0 Å². The minimum Gasteiger partial charge on any atom is -0.463 e. The summed E-state index contributed by atoms with van der Waals surface area (Å²) in [4.78, 5) is 81.5. The zero-order valence-corrected chi connectivity index (χ0v) is 34.9. The minimum atomic E-state index is -0.891. The SMILES string of the molecule is CCCCOc1nc(N)c2[nH]c(=O)n(Cc3ccc(CN4CCC(CCNC(=O)[C@H](CCCCNC(=O)CON)NC(=O)[C@H](C)NC(=O)C(N)C(C)C)CC4)cc3)c2n1. The molecule has 0 saturated carbocycles. The molecule has 4 amide bonds. The number of carbonyl (C=O) groups is 4. The number of ether oxygens (including phenoxy) is 1. The standard InChI is InChI=1S/C40H64N12O7/c1-5-6-21-58-39-49-34(42)33-35(50-39)52(40(57)48-33)23-29-12-10-28(11-13-29)22-51-19-15-27(16-20-51)14-18-45-37(55)30(9-7-8-17-44-31(53)24-59-43)47-36(54)26(4)46-38(56)32(41)25(2)3/h10-13,25-27,30,32H,5-9,14-24,41,43H2,1-4H3,(H,44,53)(H,45,55)(H,46,56)(H,47,54)(H,48,57)(H2,42,49,50)/t26-,30-,32?/m0/s1. The number of hydrogen-bond acceptors (Lipinski definition) is 13. The lowest BCUT2D eigenvalue weighted by molar-refractivity contribution is -0.132. The summed E-state index contributed by atoms with van der Waals surface area (Å²) in [6, 6.07) is 5.87. The van der Waals surface area contributed by atoms with E-state index in [-0.39, 0.29) is 41.9 Å². The largest absolute Gasteiger partial charge is 0.463 e. The number of unbranched alkanes of at least 4 members (excludes halogenated alkanes) is 2. The van der Waals surface area contributed by atoms with Crippen molar-refractivity contribution < 1.29 is 28.8 Å². The van der Waals surface area contributed by atoms with E-state index in [1.165, 1.54) is 10.1 Å². The fourth-order valence-electron chi connectivity index (χ4n) is 6.77. The van der Waals surface area contributed by atoms with Gasteiger partial charge < -0.3 is 42.5 Å². The van der Waals surface area contributed by atoms with E-state index in [0.29, 0.717) is 62.6 Å². The molecule has 19 heteroatoms. The topological polar surface area (TPSA) is 280 Å². The predicted molar refractivity (Wildman–Crippen MR) is 223 cm³/mol. The molecule has 0 spiro atoms. The summed E-state index contributed by atoms with van der Waals surface area (Å²) < 4.78 is 7.19. The maximum atomic E-state index is 13.4. The molecule has 1 saturated heterocycles. The summed E-state index contributed by atoms with van der Waals surface area (Å²) in [6.45, 7) is 11.3. The third-order valence-corrected chi connectivity index (χ3v) is 10.6. The summed E-state index contributed by atoms with van der Waals surface area (Å²) >= 11 is 0. The normalized spacial score (nSPS) is 15.1. The quantitative estimate of drug-likeness (QED) is 0.0459. The number of aromatic amines is 1. The van der Waals surface area contributed by atoms with Crippen LogP contribution in [0.15, 0.2) is 29.1 Å². The third-order valence-electron chi connectivity index (χ3n) is 10.6. The zero-order chi connectivity index (χ0) is 42.9. The molecule has 11 N–H and O–H groups in total. The van der Waals surface area contributed by atoms with Crippen LogP contribution in [0.25, 0.3) is 11.2 Å². The molecule has 59 heavy (non-hydrogen) atoms. The summed E-state index contributed by atoms with van der Waals surface area (Å²) in [5.41, 5.74) is 14.6. The van der Waals surface area contributed by atoms with Crippen LogP contribution in [0, 0.1) is 11.8 Å². The second kappa shape index (κ2) is 23.5. The highest BCUT2D eigenvalue weighted by molar-refractivity contribution is 5.92.